The third-order valence-corrected chi connectivity index (χ3v) is 1.51. The first-order chi connectivity index (χ1) is 5.34. The Hall–Kier alpha value is -1.31. The zero-order valence-corrected chi connectivity index (χ0v) is 6.65. The van der Waals surface area contributed by atoms with Gasteiger partial charge in [0.25, 0.3) is 0 Å². The minimum Gasteiger partial charge on any atom is -0.394 e. The van der Waals surface area contributed by atoms with Crippen molar-refractivity contribution in [3.8, 4) is 0 Å². The average molecular weight is 172 g/mol. The van der Waals surface area contributed by atoms with Crippen LogP contribution in [-0.2, 0) is 12.9 Å². The molecule has 0 aliphatic carbocycles. The molecule has 7 heteroatoms. The van der Waals surface area contributed by atoms with Crippen molar-refractivity contribution in [3.63, 3.8) is 0 Å². The molecule has 68 valence electrons. The summed E-state index contributed by atoms with van der Waals surface area (Å²) < 4.78 is 1.29. The molecule has 0 bridgehead atoms. The van der Waals surface area contributed by atoms with Crippen LogP contribution in [0.2, 0.25) is 0 Å². The Balaban J connectivity index is 3.28. The highest BCUT2D eigenvalue weighted by Crippen LogP contribution is 2.22. The predicted octanol–water partition coefficient (Wildman–Crippen LogP) is -2.40. The lowest BCUT2D eigenvalue weighted by Gasteiger charge is -2.13. The molecule has 0 aliphatic rings. The quantitative estimate of drug-likeness (QED) is 0.299. The van der Waals surface area contributed by atoms with E-state index in [9.17, 15) is 0 Å². The van der Waals surface area contributed by atoms with Crippen LogP contribution in [0, 0.1) is 0 Å². The fraction of sp³-hybridized carbons (Fsp3) is 0.400. The lowest BCUT2D eigenvalue weighted by atomic mass is 10.2. The summed E-state index contributed by atoms with van der Waals surface area (Å²) in [6.07, 6.45) is 0. The van der Waals surface area contributed by atoms with E-state index in [1.54, 1.807) is 7.05 Å². The SMILES string of the molecule is Cn1nc(C(N)(N)O)c(N)c1N. The summed E-state index contributed by atoms with van der Waals surface area (Å²) in [5, 5.41) is 12.9. The number of aryl methyl sites for hydroxylation is 1. The molecule has 1 aromatic heterocycles. The molecule has 0 saturated carbocycles. The van der Waals surface area contributed by atoms with Crippen molar-refractivity contribution < 1.29 is 5.11 Å². The van der Waals surface area contributed by atoms with Gasteiger partial charge in [0.1, 0.15) is 17.2 Å². The van der Waals surface area contributed by atoms with Gasteiger partial charge < -0.3 is 16.6 Å². The normalized spacial score (nSPS) is 12.0. The Bertz CT molecular complexity index is 298. The van der Waals surface area contributed by atoms with Crippen molar-refractivity contribution in [3.05, 3.63) is 5.69 Å². The molecule has 1 heterocycles. The summed E-state index contributed by atoms with van der Waals surface area (Å²) in [5.41, 5.74) is 21.3. The van der Waals surface area contributed by atoms with Gasteiger partial charge in [-0.25, -0.2) is 0 Å². The van der Waals surface area contributed by atoms with Crippen molar-refractivity contribution >= 4 is 11.5 Å². The maximum Gasteiger partial charge on any atom is 0.216 e. The second kappa shape index (κ2) is 2.34. The number of nitrogens with zero attached hydrogens (tertiary/aromatic N) is 2. The van der Waals surface area contributed by atoms with E-state index in [0.29, 0.717) is 0 Å². The Morgan fingerprint density at radius 3 is 2.08 bits per heavy atom. The molecule has 0 saturated heterocycles. The highest BCUT2D eigenvalue weighted by atomic mass is 16.3. The lowest BCUT2D eigenvalue weighted by molar-refractivity contribution is 0.0464. The molecule has 0 spiro atoms. The Labute approximate surface area is 68.9 Å². The maximum absolute atomic E-state index is 9.15. The zero-order chi connectivity index (χ0) is 9.52. The Kier molecular flexibility index (Phi) is 1.71. The molecular weight excluding hydrogens is 160 g/mol. The minimum absolute atomic E-state index is 0.0255. The van der Waals surface area contributed by atoms with Gasteiger partial charge in [0.2, 0.25) is 5.85 Å². The monoisotopic (exact) mass is 172 g/mol. The molecule has 9 N–H and O–H groups in total. The van der Waals surface area contributed by atoms with Crippen LogP contribution in [0.15, 0.2) is 0 Å². The number of aromatic nitrogens is 2. The van der Waals surface area contributed by atoms with E-state index < -0.39 is 5.85 Å². The third-order valence-electron chi connectivity index (χ3n) is 1.51. The van der Waals surface area contributed by atoms with Crippen molar-refractivity contribution in [2.75, 3.05) is 11.5 Å². The van der Waals surface area contributed by atoms with E-state index in [1.807, 2.05) is 0 Å². The lowest BCUT2D eigenvalue weighted by Crippen LogP contribution is -2.46. The van der Waals surface area contributed by atoms with Crippen LogP contribution < -0.4 is 22.9 Å². The molecule has 7 nitrogen and oxygen atoms in total. The zero-order valence-electron chi connectivity index (χ0n) is 6.65. The number of nitrogen functional groups attached to an aromatic ring is 2. The third kappa shape index (κ3) is 1.20. The van der Waals surface area contributed by atoms with Gasteiger partial charge in [-0.05, 0) is 0 Å². The maximum atomic E-state index is 9.15. The number of anilines is 2. The van der Waals surface area contributed by atoms with Crippen molar-refractivity contribution in [1.82, 2.24) is 9.78 Å². The molecule has 1 rings (SSSR count). The van der Waals surface area contributed by atoms with E-state index in [-0.39, 0.29) is 17.2 Å². The molecular formula is C5H12N6O. The molecule has 0 fully saturated rings. The van der Waals surface area contributed by atoms with Crippen molar-refractivity contribution in [2.45, 2.75) is 5.85 Å². The highest BCUT2D eigenvalue weighted by molar-refractivity contribution is 5.63. The summed E-state index contributed by atoms with van der Waals surface area (Å²) in [6, 6.07) is 0. The average Bonchev–Trinajstić information content (AvgIpc) is 2.15. The first-order valence-corrected chi connectivity index (χ1v) is 3.22. The molecule has 12 heavy (non-hydrogen) atoms. The van der Waals surface area contributed by atoms with E-state index >= 15 is 0 Å². The summed E-state index contributed by atoms with van der Waals surface area (Å²) in [4.78, 5) is 0. The summed E-state index contributed by atoms with van der Waals surface area (Å²) in [6.45, 7) is 0. The standard InChI is InChI=1S/C5H12N6O/c1-11-4(7)2(6)3(10-11)5(8,9)12/h12H,6-9H2,1H3. The fourth-order valence-corrected chi connectivity index (χ4v) is 0.849. The van der Waals surface area contributed by atoms with E-state index in [2.05, 4.69) is 5.10 Å². The first-order valence-electron chi connectivity index (χ1n) is 3.22. The molecule has 0 amide bonds. The predicted molar refractivity (Wildman–Crippen MR) is 44.3 cm³/mol. The summed E-state index contributed by atoms with van der Waals surface area (Å²) in [7, 11) is 1.57. The fourth-order valence-electron chi connectivity index (χ4n) is 0.849. The van der Waals surface area contributed by atoms with Gasteiger partial charge in [-0.3, -0.25) is 16.1 Å². The van der Waals surface area contributed by atoms with Gasteiger partial charge in [-0.15, -0.1) is 0 Å². The van der Waals surface area contributed by atoms with Crippen LogP contribution >= 0.6 is 0 Å². The molecule has 1 aromatic rings. The van der Waals surface area contributed by atoms with Crippen LogP contribution in [0.3, 0.4) is 0 Å². The topological polar surface area (TPSA) is 142 Å². The summed E-state index contributed by atoms with van der Waals surface area (Å²) >= 11 is 0. The Morgan fingerprint density at radius 1 is 1.42 bits per heavy atom. The number of nitrogens with two attached hydrogens (primary N) is 4. The van der Waals surface area contributed by atoms with Gasteiger partial charge in [-0.2, -0.15) is 5.10 Å². The minimum atomic E-state index is -2.04. The van der Waals surface area contributed by atoms with E-state index in [1.165, 1.54) is 4.68 Å². The number of hydrogen-bond donors (Lipinski definition) is 5. The molecule has 0 aliphatic heterocycles. The number of aliphatic hydroxyl groups is 1. The second-order valence-corrected chi connectivity index (χ2v) is 2.60. The van der Waals surface area contributed by atoms with Gasteiger partial charge in [0.05, 0.1) is 0 Å². The molecule has 0 atom stereocenters. The van der Waals surface area contributed by atoms with Crippen LogP contribution in [0.25, 0.3) is 0 Å². The van der Waals surface area contributed by atoms with E-state index in [4.69, 9.17) is 28.0 Å². The van der Waals surface area contributed by atoms with Crippen LogP contribution in [0.1, 0.15) is 5.69 Å². The molecule has 0 radical (unpaired) electrons. The van der Waals surface area contributed by atoms with Crippen LogP contribution in [0.4, 0.5) is 11.5 Å². The number of hydrogen-bond acceptors (Lipinski definition) is 6. The molecule has 0 unspecified atom stereocenters. The van der Waals surface area contributed by atoms with Crippen molar-refractivity contribution in [2.24, 2.45) is 18.5 Å². The largest absolute Gasteiger partial charge is 0.394 e. The second-order valence-electron chi connectivity index (χ2n) is 2.60. The van der Waals surface area contributed by atoms with Crippen molar-refractivity contribution in [1.29, 1.82) is 0 Å². The van der Waals surface area contributed by atoms with Gasteiger partial charge >= 0.3 is 0 Å². The highest BCUT2D eigenvalue weighted by Gasteiger charge is 2.26. The smallest absolute Gasteiger partial charge is 0.216 e. The van der Waals surface area contributed by atoms with Gasteiger partial charge in [0.15, 0.2) is 0 Å². The van der Waals surface area contributed by atoms with Crippen LogP contribution in [0.5, 0.6) is 0 Å². The Morgan fingerprint density at radius 2 is 1.92 bits per heavy atom. The number of rotatable bonds is 1. The van der Waals surface area contributed by atoms with Gasteiger partial charge in [-0.1, -0.05) is 0 Å². The van der Waals surface area contributed by atoms with Gasteiger partial charge in [0, 0.05) is 7.05 Å². The molecule has 0 aromatic carbocycles. The summed E-state index contributed by atoms with van der Waals surface area (Å²) in [5.74, 6) is -1.82. The van der Waals surface area contributed by atoms with Crippen LogP contribution in [-0.4, -0.2) is 14.9 Å². The van der Waals surface area contributed by atoms with E-state index in [0.717, 1.165) is 0 Å². The first kappa shape index (κ1) is 8.78.